The number of amides is 1. The maximum atomic E-state index is 12.2. The average Bonchev–Trinajstić information content (AvgIpc) is 2.91. The van der Waals surface area contributed by atoms with E-state index >= 15 is 0 Å². The van der Waals surface area contributed by atoms with E-state index in [1.165, 1.54) is 22.5 Å². The fourth-order valence-corrected chi connectivity index (χ4v) is 3.19. The van der Waals surface area contributed by atoms with Crippen LogP contribution < -0.4 is 5.32 Å². The maximum absolute atomic E-state index is 12.2. The number of hydrogen-bond donors (Lipinski definition) is 1. The number of aryl methyl sites for hydroxylation is 1. The molecule has 3 rings (SSSR count). The van der Waals surface area contributed by atoms with Gasteiger partial charge in [0.15, 0.2) is 5.13 Å². The first-order valence-corrected chi connectivity index (χ1v) is 8.18. The highest BCUT2D eigenvalue weighted by Gasteiger charge is 2.11. The molecule has 0 radical (unpaired) electrons. The standard InChI is InChI=1S/C17H18N4OS/c1-12-6-3-4-7-13(12)10-21(2)11-15(22)20-17-19-14-8-5-9-18-16(14)23-17/h3-9H,10-11H2,1-2H3,(H,19,20,22). The normalized spacial score (nSPS) is 11.1. The summed E-state index contributed by atoms with van der Waals surface area (Å²) in [6, 6.07) is 11.9. The Morgan fingerprint density at radius 1 is 1.26 bits per heavy atom. The molecule has 0 saturated carbocycles. The fraction of sp³-hybridized carbons (Fsp3) is 0.235. The highest BCUT2D eigenvalue weighted by molar-refractivity contribution is 7.21. The van der Waals surface area contributed by atoms with Gasteiger partial charge in [-0.05, 0) is 37.2 Å². The van der Waals surface area contributed by atoms with Gasteiger partial charge in [-0.1, -0.05) is 35.6 Å². The van der Waals surface area contributed by atoms with E-state index in [-0.39, 0.29) is 5.91 Å². The van der Waals surface area contributed by atoms with E-state index in [2.05, 4.69) is 34.3 Å². The summed E-state index contributed by atoms with van der Waals surface area (Å²) in [5.41, 5.74) is 3.27. The molecular weight excluding hydrogens is 308 g/mol. The lowest BCUT2D eigenvalue weighted by Crippen LogP contribution is -2.30. The molecule has 0 aliphatic heterocycles. The van der Waals surface area contributed by atoms with Gasteiger partial charge < -0.3 is 5.32 Å². The van der Waals surface area contributed by atoms with Crippen molar-refractivity contribution in [1.29, 1.82) is 0 Å². The van der Waals surface area contributed by atoms with E-state index in [1.807, 2.05) is 36.2 Å². The van der Waals surface area contributed by atoms with Gasteiger partial charge >= 0.3 is 0 Å². The van der Waals surface area contributed by atoms with Crippen LogP contribution in [-0.4, -0.2) is 34.4 Å². The highest BCUT2D eigenvalue weighted by Crippen LogP contribution is 2.23. The molecule has 5 nitrogen and oxygen atoms in total. The second-order valence-electron chi connectivity index (χ2n) is 5.49. The molecule has 118 valence electrons. The summed E-state index contributed by atoms with van der Waals surface area (Å²) in [4.78, 5) is 23.6. The lowest BCUT2D eigenvalue weighted by Gasteiger charge is -2.17. The number of nitrogens with zero attached hydrogens (tertiary/aromatic N) is 3. The monoisotopic (exact) mass is 326 g/mol. The number of thiazole rings is 1. The number of likely N-dealkylation sites (N-methyl/N-ethyl adjacent to an activating group) is 1. The zero-order valence-electron chi connectivity index (χ0n) is 13.1. The van der Waals surface area contributed by atoms with Crippen LogP contribution in [0.15, 0.2) is 42.6 Å². The van der Waals surface area contributed by atoms with Gasteiger partial charge in [0.1, 0.15) is 10.3 Å². The molecule has 0 aliphatic rings. The third-order valence-electron chi connectivity index (χ3n) is 3.53. The second kappa shape index (κ2) is 6.85. The summed E-state index contributed by atoms with van der Waals surface area (Å²) in [5, 5.41) is 3.44. The Morgan fingerprint density at radius 2 is 2.09 bits per heavy atom. The molecule has 2 heterocycles. The predicted octanol–water partition coefficient (Wildman–Crippen LogP) is 3.07. The van der Waals surface area contributed by atoms with Crippen molar-refractivity contribution >= 4 is 32.7 Å². The van der Waals surface area contributed by atoms with Crippen LogP contribution in [0, 0.1) is 6.92 Å². The zero-order chi connectivity index (χ0) is 16.2. The lowest BCUT2D eigenvalue weighted by atomic mass is 10.1. The van der Waals surface area contributed by atoms with Crippen molar-refractivity contribution < 1.29 is 4.79 Å². The van der Waals surface area contributed by atoms with E-state index in [0.29, 0.717) is 11.7 Å². The zero-order valence-corrected chi connectivity index (χ0v) is 13.9. The predicted molar refractivity (Wildman–Crippen MR) is 93.6 cm³/mol. The van der Waals surface area contributed by atoms with Gasteiger partial charge in [0, 0.05) is 12.7 Å². The molecular formula is C17H18N4OS. The Kier molecular flexibility index (Phi) is 4.64. The molecule has 3 aromatic rings. The number of carbonyl (C=O) groups excluding carboxylic acids is 1. The summed E-state index contributed by atoms with van der Waals surface area (Å²) < 4.78 is 0. The molecule has 1 amide bonds. The Balaban J connectivity index is 1.59. The Morgan fingerprint density at radius 3 is 2.87 bits per heavy atom. The molecule has 0 fully saturated rings. The first-order chi connectivity index (χ1) is 11.1. The van der Waals surface area contributed by atoms with Crippen molar-refractivity contribution in [1.82, 2.24) is 14.9 Å². The van der Waals surface area contributed by atoms with Crippen LogP contribution >= 0.6 is 11.3 Å². The first kappa shape index (κ1) is 15.6. The molecule has 0 aliphatic carbocycles. The maximum Gasteiger partial charge on any atom is 0.240 e. The lowest BCUT2D eigenvalue weighted by molar-refractivity contribution is -0.117. The van der Waals surface area contributed by atoms with Gasteiger partial charge in [-0.15, -0.1) is 0 Å². The van der Waals surface area contributed by atoms with E-state index in [4.69, 9.17) is 0 Å². The number of carbonyl (C=O) groups is 1. The number of benzene rings is 1. The van der Waals surface area contributed by atoms with Crippen LogP contribution in [0.5, 0.6) is 0 Å². The van der Waals surface area contributed by atoms with Gasteiger partial charge in [0.2, 0.25) is 5.91 Å². The molecule has 0 saturated heterocycles. The molecule has 0 atom stereocenters. The summed E-state index contributed by atoms with van der Waals surface area (Å²) in [6.07, 6.45) is 1.72. The summed E-state index contributed by atoms with van der Waals surface area (Å²) in [5.74, 6) is -0.0693. The quantitative estimate of drug-likeness (QED) is 0.783. The number of fused-ring (bicyclic) bond motifs is 1. The van der Waals surface area contributed by atoms with Crippen LogP contribution in [0.1, 0.15) is 11.1 Å². The van der Waals surface area contributed by atoms with Crippen molar-refractivity contribution in [2.24, 2.45) is 0 Å². The van der Waals surface area contributed by atoms with Gasteiger partial charge in [-0.2, -0.15) is 0 Å². The first-order valence-electron chi connectivity index (χ1n) is 7.36. The minimum atomic E-state index is -0.0693. The molecule has 0 bridgehead atoms. The van der Waals surface area contributed by atoms with E-state index in [9.17, 15) is 4.79 Å². The summed E-state index contributed by atoms with van der Waals surface area (Å²) in [6.45, 7) is 3.14. The number of anilines is 1. The fourth-order valence-electron chi connectivity index (χ4n) is 2.36. The van der Waals surface area contributed by atoms with E-state index in [0.717, 1.165) is 16.9 Å². The third-order valence-corrected chi connectivity index (χ3v) is 4.42. The van der Waals surface area contributed by atoms with Crippen molar-refractivity contribution in [3.63, 3.8) is 0 Å². The molecule has 1 aromatic carbocycles. The molecule has 0 spiro atoms. The molecule has 0 unspecified atom stereocenters. The minimum Gasteiger partial charge on any atom is -0.301 e. The van der Waals surface area contributed by atoms with Crippen LogP contribution in [0.4, 0.5) is 5.13 Å². The molecule has 2 aromatic heterocycles. The van der Waals surface area contributed by atoms with Crippen LogP contribution in [-0.2, 0) is 11.3 Å². The van der Waals surface area contributed by atoms with Crippen LogP contribution in [0.2, 0.25) is 0 Å². The smallest absolute Gasteiger partial charge is 0.240 e. The largest absolute Gasteiger partial charge is 0.301 e. The van der Waals surface area contributed by atoms with Crippen molar-refractivity contribution in [3.05, 3.63) is 53.7 Å². The second-order valence-corrected chi connectivity index (χ2v) is 6.47. The number of pyridine rings is 1. The van der Waals surface area contributed by atoms with Gasteiger partial charge in [0.25, 0.3) is 0 Å². The van der Waals surface area contributed by atoms with Crippen molar-refractivity contribution in [2.45, 2.75) is 13.5 Å². The highest BCUT2D eigenvalue weighted by atomic mass is 32.1. The van der Waals surface area contributed by atoms with Crippen molar-refractivity contribution in [2.75, 3.05) is 18.9 Å². The van der Waals surface area contributed by atoms with E-state index < -0.39 is 0 Å². The van der Waals surface area contributed by atoms with E-state index in [1.54, 1.807) is 6.20 Å². The Hall–Kier alpha value is -2.31. The summed E-state index contributed by atoms with van der Waals surface area (Å²) >= 11 is 1.39. The van der Waals surface area contributed by atoms with Gasteiger partial charge in [-0.3, -0.25) is 9.69 Å². The SMILES string of the molecule is Cc1ccccc1CN(C)CC(=O)Nc1nc2cccnc2s1. The van der Waals surface area contributed by atoms with Gasteiger partial charge in [0.05, 0.1) is 6.54 Å². The van der Waals surface area contributed by atoms with Gasteiger partial charge in [-0.25, -0.2) is 9.97 Å². The molecule has 6 heteroatoms. The number of nitrogens with one attached hydrogen (secondary N) is 1. The molecule has 1 N–H and O–H groups in total. The Bertz CT molecular complexity index is 797. The third kappa shape index (κ3) is 3.91. The van der Waals surface area contributed by atoms with Crippen molar-refractivity contribution in [3.8, 4) is 0 Å². The molecule has 23 heavy (non-hydrogen) atoms. The van der Waals surface area contributed by atoms with Crippen LogP contribution in [0.3, 0.4) is 0 Å². The Labute approximate surface area is 139 Å². The van der Waals surface area contributed by atoms with Crippen LogP contribution in [0.25, 0.3) is 10.3 Å². The topological polar surface area (TPSA) is 58.1 Å². The number of aromatic nitrogens is 2. The summed E-state index contributed by atoms with van der Waals surface area (Å²) in [7, 11) is 1.94. The average molecular weight is 326 g/mol. The number of rotatable bonds is 5. The number of hydrogen-bond acceptors (Lipinski definition) is 5. The minimum absolute atomic E-state index is 0.0693.